The topological polar surface area (TPSA) is 93.6 Å². The predicted octanol–water partition coefficient (Wildman–Crippen LogP) is 2.97. The van der Waals surface area contributed by atoms with Crippen molar-refractivity contribution in [3.63, 3.8) is 0 Å². The molecule has 1 fully saturated rings. The summed E-state index contributed by atoms with van der Waals surface area (Å²) in [5.41, 5.74) is 3.71. The van der Waals surface area contributed by atoms with Crippen molar-refractivity contribution in [1.82, 2.24) is 19.8 Å². The van der Waals surface area contributed by atoms with Crippen molar-refractivity contribution in [2.24, 2.45) is 5.92 Å². The Kier molecular flexibility index (Phi) is 6.81. The molecule has 1 unspecified atom stereocenters. The van der Waals surface area contributed by atoms with Gasteiger partial charge in [0.25, 0.3) is 0 Å². The lowest BCUT2D eigenvalue weighted by molar-refractivity contribution is -0.192. The second-order valence-corrected chi connectivity index (χ2v) is 7.73. The van der Waals surface area contributed by atoms with E-state index in [9.17, 15) is 13.2 Å². The highest BCUT2D eigenvalue weighted by molar-refractivity contribution is 5.73. The number of hydrogen-bond acceptors (Lipinski definition) is 6. The third-order valence-electron chi connectivity index (χ3n) is 5.07. The number of nitrogens with zero attached hydrogens (tertiary/aromatic N) is 4. The zero-order valence-electron chi connectivity index (χ0n) is 16.9. The maximum atomic E-state index is 10.6. The number of alkyl halides is 3. The molecule has 0 spiro atoms. The lowest BCUT2D eigenvalue weighted by atomic mass is 9.95. The number of carbonyl (C=O) groups is 1. The first kappa shape index (κ1) is 22.3. The van der Waals surface area contributed by atoms with E-state index in [2.05, 4.69) is 26.0 Å². The van der Waals surface area contributed by atoms with Gasteiger partial charge in [0.15, 0.2) is 0 Å². The van der Waals surface area contributed by atoms with Crippen molar-refractivity contribution >= 4 is 5.97 Å². The largest absolute Gasteiger partial charge is 0.490 e. The quantitative estimate of drug-likeness (QED) is 0.753. The Morgan fingerprint density at radius 1 is 1.40 bits per heavy atom. The van der Waals surface area contributed by atoms with Crippen LogP contribution in [0.1, 0.15) is 41.5 Å². The number of hydrogen-bond donors (Lipinski definition) is 1. The SMILES string of the molecule is COCC1CN(Cc2cc(C)on2)Cc2c1cnn2CC1CC1.O=C(O)C(F)(F)F. The standard InChI is InChI=1S/C17H24N4O2.C2HF3O2/c1-12-5-15(19-23-12)9-20-8-14(11-22-2)16-6-18-21(17(16)10-20)7-13-3-4-13;3-2(4,5)1(6)7/h5-6,13-14H,3-4,7-11H2,1-2H3;(H,6,7). The Hall–Kier alpha value is -2.40. The van der Waals surface area contributed by atoms with Crippen LogP contribution in [-0.4, -0.2) is 57.4 Å². The summed E-state index contributed by atoms with van der Waals surface area (Å²) in [4.78, 5) is 11.3. The van der Waals surface area contributed by atoms with Crippen LogP contribution in [0.4, 0.5) is 13.2 Å². The Balaban J connectivity index is 0.000000318. The zero-order chi connectivity index (χ0) is 21.9. The molecule has 1 aliphatic heterocycles. The molecular formula is C19H25F3N4O4. The van der Waals surface area contributed by atoms with Gasteiger partial charge >= 0.3 is 12.1 Å². The smallest absolute Gasteiger partial charge is 0.475 e. The molecule has 166 valence electrons. The average Bonchev–Trinajstić information content (AvgIpc) is 3.25. The van der Waals surface area contributed by atoms with Gasteiger partial charge in [0, 0.05) is 50.8 Å². The summed E-state index contributed by atoms with van der Waals surface area (Å²) in [6, 6.07) is 2.02. The van der Waals surface area contributed by atoms with Gasteiger partial charge in [-0.2, -0.15) is 18.3 Å². The summed E-state index contributed by atoms with van der Waals surface area (Å²) in [5, 5.41) is 15.9. The van der Waals surface area contributed by atoms with Gasteiger partial charge < -0.3 is 14.4 Å². The Labute approximate surface area is 171 Å². The molecule has 0 aromatic carbocycles. The predicted molar refractivity (Wildman–Crippen MR) is 98.6 cm³/mol. The lowest BCUT2D eigenvalue weighted by Crippen LogP contribution is -2.35. The van der Waals surface area contributed by atoms with E-state index in [1.54, 1.807) is 7.11 Å². The fraction of sp³-hybridized carbons (Fsp3) is 0.632. The van der Waals surface area contributed by atoms with Crippen LogP contribution in [0.5, 0.6) is 0 Å². The fourth-order valence-electron chi connectivity index (χ4n) is 3.51. The van der Waals surface area contributed by atoms with Gasteiger partial charge in [-0.05, 0) is 25.7 Å². The van der Waals surface area contributed by atoms with Crippen molar-refractivity contribution in [1.29, 1.82) is 0 Å². The van der Waals surface area contributed by atoms with E-state index in [-0.39, 0.29) is 0 Å². The highest BCUT2D eigenvalue weighted by Gasteiger charge is 2.38. The molecule has 0 saturated heterocycles. The Morgan fingerprint density at radius 3 is 2.63 bits per heavy atom. The normalized spacial score (nSPS) is 19.2. The Bertz CT molecular complexity index is 860. The summed E-state index contributed by atoms with van der Waals surface area (Å²) in [6.45, 7) is 6.44. The zero-order valence-corrected chi connectivity index (χ0v) is 16.9. The minimum atomic E-state index is -5.08. The first-order chi connectivity index (χ1) is 14.2. The van der Waals surface area contributed by atoms with E-state index in [1.807, 2.05) is 13.0 Å². The van der Waals surface area contributed by atoms with Gasteiger partial charge in [0.05, 0.1) is 24.2 Å². The molecule has 1 saturated carbocycles. The summed E-state index contributed by atoms with van der Waals surface area (Å²) in [7, 11) is 1.77. The second-order valence-electron chi connectivity index (χ2n) is 7.73. The molecule has 1 atom stereocenters. The van der Waals surface area contributed by atoms with Gasteiger partial charge in [-0.1, -0.05) is 5.16 Å². The second kappa shape index (κ2) is 9.17. The number of carboxylic acids is 1. The van der Waals surface area contributed by atoms with E-state index in [1.165, 1.54) is 24.1 Å². The molecular weight excluding hydrogens is 405 g/mol. The molecule has 2 aliphatic rings. The molecule has 0 amide bonds. The van der Waals surface area contributed by atoms with Crippen molar-refractivity contribution < 1.29 is 32.3 Å². The third-order valence-corrected chi connectivity index (χ3v) is 5.07. The third kappa shape index (κ3) is 5.82. The van der Waals surface area contributed by atoms with E-state index in [0.29, 0.717) is 5.92 Å². The number of aliphatic carboxylic acids is 1. The molecule has 1 N–H and O–H groups in total. The molecule has 11 heteroatoms. The molecule has 1 aliphatic carbocycles. The van der Waals surface area contributed by atoms with Crippen LogP contribution in [0.25, 0.3) is 0 Å². The molecule has 0 radical (unpaired) electrons. The summed E-state index contributed by atoms with van der Waals surface area (Å²) in [6.07, 6.45) is -0.338. The maximum Gasteiger partial charge on any atom is 0.490 e. The van der Waals surface area contributed by atoms with Gasteiger partial charge in [-0.15, -0.1) is 0 Å². The number of ether oxygens (including phenoxy) is 1. The van der Waals surface area contributed by atoms with Crippen LogP contribution in [0, 0.1) is 12.8 Å². The Morgan fingerprint density at radius 2 is 2.10 bits per heavy atom. The minimum absolute atomic E-state index is 0.379. The van der Waals surface area contributed by atoms with E-state index < -0.39 is 12.1 Å². The fourth-order valence-corrected chi connectivity index (χ4v) is 3.51. The first-order valence-corrected chi connectivity index (χ1v) is 9.65. The molecule has 8 nitrogen and oxygen atoms in total. The van der Waals surface area contributed by atoms with Crippen molar-refractivity contribution in [2.45, 2.75) is 51.5 Å². The average molecular weight is 430 g/mol. The molecule has 3 heterocycles. The van der Waals surface area contributed by atoms with Crippen LogP contribution >= 0.6 is 0 Å². The number of aromatic nitrogens is 3. The first-order valence-electron chi connectivity index (χ1n) is 9.65. The highest BCUT2D eigenvalue weighted by Crippen LogP contribution is 2.34. The van der Waals surface area contributed by atoms with Crippen LogP contribution in [-0.2, 0) is 29.2 Å². The summed E-state index contributed by atoms with van der Waals surface area (Å²) < 4.78 is 44.6. The van der Waals surface area contributed by atoms with E-state index in [4.69, 9.17) is 19.2 Å². The molecule has 2 aromatic heterocycles. The summed E-state index contributed by atoms with van der Waals surface area (Å²) >= 11 is 0. The number of fused-ring (bicyclic) bond motifs is 1. The van der Waals surface area contributed by atoms with Gasteiger partial charge in [0.2, 0.25) is 0 Å². The van der Waals surface area contributed by atoms with Crippen molar-refractivity contribution in [3.05, 3.63) is 35.0 Å². The number of halogens is 3. The lowest BCUT2D eigenvalue weighted by Gasteiger charge is -2.32. The minimum Gasteiger partial charge on any atom is -0.475 e. The van der Waals surface area contributed by atoms with Gasteiger partial charge in [0.1, 0.15) is 5.76 Å². The number of methoxy groups -OCH3 is 1. The number of rotatable bonds is 6. The van der Waals surface area contributed by atoms with Crippen LogP contribution in [0.2, 0.25) is 0 Å². The highest BCUT2D eigenvalue weighted by atomic mass is 19.4. The molecule has 4 rings (SSSR count). The van der Waals surface area contributed by atoms with E-state index >= 15 is 0 Å². The van der Waals surface area contributed by atoms with Gasteiger partial charge in [-0.25, -0.2) is 4.79 Å². The molecule has 0 bridgehead atoms. The number of aryl methyl sites for hydroxylation is 1. The molecule has 30 heavy (non-hydrogen) atoms. The summed E-state index contributed by atoms with van der Waals surface area (Å²) in [5.74, 6) is -0.685. The number of carboxylic acid groups (broad SMARTS) is 1. The molecule has 2 aromatic rings. The van der Waals surface area contributed by atoms with Crippen LogP contribution in [0.15, 0.2) is 16.8 Å². The van der Waals surface area contributed by atoms with Crippen molar-refractivity contribution in [3.8, 4) is 0 Å². The van der Waals surface area contributed by atoms with E-state index in [0.717, 1.165) is 50.2 Å². The maximum absolute atomic E-state index is 10.6. The van der Waals surface area contributed by atoms with Crippen LogP contribution < -0.4 is 0 Å². The van der Waals surface area contributed by atoms with Crippen molar-refractivity contribution in [2.75, 3.05) is 20.3 Å². The van der Waals surface area contributed by atoms with Crippen LogP contribution in [0.3, 0.4) is 0 Å². The van der Waals surface area contributed by atoms with Gasteiger partial charge in [-0.3, -0.25) is 9.58 Å². The monoisotopic (exact) mass is 430 g/mol.